The molecule has 1 atom stereocenters. The van der Waals surface area contributed by atoms with Gasteiger partial charge < -0.3 is 10.0 Å². The zero-order chi connectivity index (χ0) is 14.6. The van der Waals surface area contributed by atoms with Crippen molar-refractivity contribution < 1.29 is 13.5 Å². The van der Waals surface area contributed by atoms with E-state index >= 15 is 0 Å². The maximum atomic E-state index is 12.2. The molecule has 0 aliphatic heterocycles. The molecule has 0 aromatic heterocycles. The number of benzene rings is 1. The molecule has 0 heterocycles. The smallest absolute Gasteiger partial charge is 0.241 e. The molecule has 5 nitrogen and oxygen atoms in total. The Morgan fingerprint density at radius 1 is 1.42 bits per heavy atom. The second-order valence-corrected chi connectivity index (χ2v) is 7.24. The Bertz CT molecular complexity index is 532. The molecule has 0 saturated heterocycles. The number of likely N-dealkylation sites (N-methyl/N-ethyl adjacent to an activating group) is 1. The van der Waals surface area contributed by atoms with Crippen LogP contribution in [0.2, 0.25) is 0 Å². The van der Waals surface area contributed by atoms with Crippen molar-refractivity contribution >= 4 is 26.0 Å². The predicted octanol–water partition coefficient (Wildman–Crippen LogP) is 1.17. The van der Waals surface area contributed by atoms with E-state index in [0.29, 0.717) is 16.6 Å². The van der Waals surface area contributed by atoms with Crippen molar-refractivity contribution in [2.24, 2.45) is 0 Å². The molecule has 1 unspecified atom stereocenters. The van der Waals surface area contributed by atoms with Crippen LogP contribution >= 0.6 is 15.9 Å². The zero-order valence-electron chi connectivity index (χ0n) is 11.2. The summed E-state index contributed by atoms with van der Waals surface area (Å²) in [6.45, 7) is 2.31. The van der Waals surface area contributed by atoms with Gasteiger partial charge in [-0.3, -0.25) is 0 Å². The highest BCUT2D eigenvalue weighted by molar-refractivity contribution is 9.10. The van der Waals surface area contributed by atoms with Crippen molar-refractivity contribution in [3.8, 4) is 0 Å². The lowest BCUT2D eigenvalue weighted by Crippen LogP contribution is -2.39. The Kier molecular flexibility index (Phi) is 5.94. The summed E-state index contributed by atoms with van der Waals surface area (Å²) in [5.74, 6) is 0. The molecule has 0 aliphatic rings. The molecule has 0 spiro atoms. The lowest BCUT2D eigenvalue weighted by Gasteiger charge is -2.18. The zero-order valence-corrected chi connectivity index (χ0v) is 13.6. The Balaban J connectivity index is 2.94. The molecule has 0 bridgehead atoms. The van der Waals surface area contributed by atoms with Gasteiger partial charge in [-0.2, -0.15) is 0 Å². The van der Waals surface area contributed by atoms with E-state index in [1.807, 2.05) is 25.9 Å². The normalized spacial score (nSPS) is 13.8. The highest BCUT2D eigenvalue weighted by Crippen LogP contribution is 2.23. The Morgan fingerprint density at radius 2 is 2.05 bits per heavy atom. The monoisotopic (exact) mass is 350 g/mol. The first-order chi connectivity index (χ1) is 8.76. The largest absolute Gasteiger partial charge is 0.392 e. The van der Waals surface area contributed by atoms with Crippen LogP contribution in [-0.4, -0.2) is 45.1 Å². The van der Waals surface area contributed by atoms with Gasteiger partial charge in [0.1, 0.15) is 0 Å². The van der Waals surface area contributed by atoms with Crippen LogP contribution in [0.15, 0.2) is 27.6 Å². The first-order valence-corrected chi connectivity index (χ1v) is 8.10. The predicted molar refractivity (Wildman–Crippen MR) is 78.4 cm³/mol. The fourth-order valence-corrected chi connectivity index (χ4v) is 4.13. The average Bonchev–Trinajstić information content (AvgIpc) is 2.26. The van der Waals surface area contributed by atoms with Crippen molar-refractivity contribution in [2.75, 3.05) is 20.6 Å². The lowest BCUT2D eigenvalue weighted by atomic mass is 10.2. The van der Waals surface area contributed by atoms with Crippen molar-refractivity contribution in [1.82, 2.24) is 9.62 Å². The first-order valence-electron chi connectivity index (χ1n) is 5.82. The van der Waals surface area contributed by atoms with Crippen LogP contribution < -0.4 is 4.72 Å². The number of rotatable bonds is 6. The van der Waals surface area contributed by atoms with Crippen LogP contribution in [0.25, 0.3) is 0 Å². The van der Waals surface area contributed by atoms with Crippen LogP contribution in [0.3, 0.4) is 0 Å². The van der Waals surface area contributed by atoms with Gasteiger partial charge in [-0.15, -0.1) is 0 Å². The highest BCUT2D eigenvalue weighted by atomic mass is 79.9. The van der Waals surface area contributed by atoms with Gasteiger partial charge in [-0.05, 0) is 54.6 Å². The molecular formula is C12H19BrN2O3S. The molecule has 1 aromatic rings. The average molecular weight is 351 g/mol. The van der Waals surface area contributed by atoms with Crippen molar-refractivity contribution in [1.29, 1.82) is 0 Å². The van der Waals surface area contributed by atoms with Gasteiger partial charge in [-0.1, -0.05) is 6.07 Å². The minimum Gasteiger partial charge on any atom is -0.392 e. The van der Waals surface area contributed by atoms with Crippen LogP contribution in [0.4, 0.5) is 0 Å². The molecular weight excluding hydrogens is 332 g/mol. The quantitative estimate of drug-likeness (QED) is 0.807. The second-order valence-electron chi connectivity index (χ2n) is 4.71. The lowest BCUT2D eigenvalue weighted by molar-refractivity contribution is 0.281. The summed E-state index contributed by atoms with van der Waals surface area (Å²) >= 11 is 3.22. The Hall–Kier alpha value is -0.470. The number of hydrogen-bond donors (Lipinski definition) is 2. The number of nitrogens with zero attached hydrogens (tertiary/aromatic N) is 1. The van der Waals surface area contributed by atoms with Gasteiger partial charge in [0.25, 0.3) is 0 Å². The third-order valence-corrected chi connectivity index (χ3v) is 5.03. The Labute approximate surface area is 122 Å². The molecule has 19 heavy (non-hydrogen) atoms. The summed E-state index contributed by atoms with van der Waals surface area (Å²) in [5.41, 5.74) is 0.659. The van der Waals surface area contributed by atoms with Crippen molar-refractivity contribution in [2.45, 2.75) is 24.5 Å². The van der Waals surface area contributed by atoms with E-state index in [0.717, 1.165) is 0 Å². The van der Waals surface area contributed by atoms with Gasteiger partial charge in [0.15, 0.2) is 0 Å². The molecule has 0 amide bonds. The molecule has 7 heteroatoms. The first kappa shape index (κ1) is 16.6. The maximum absolute atomic E-state index is 12.2. The van der Waals surface area contributed by atoms with Crippen LogP contribution in [0.5, 0.6) is 0 Å². The number of nitrogens with one attached hydrogen (secondary N) is 1. The van der Waals surface area contributed by atoms with E-state index in [2.05, 4.69) is 20.7 Å². The SMILES string of the molecule is CC(CN(C)C)NS(=O)(=O)c1ccc(CO)cc1Br. The number of hydrogen-bond acceptors (Lipinski definition) is 4. The van der Waals surface area contributed by atoms with E-state index in [1.165, 1.54) is 6.07 Å². The van der Waals surface area contributed by atoms with Gasteiger partial charge in [0.05, 0.1) is 11.5 Å². The summed E-state index contributed by atoms with van der Waals surface area (Å²) < 4.78 is 27.5. The third-order valence-electron chi connectivity index (χ3n) is 2.46. The molecule has 0 fully saturated rings. The third kappa shape index (κ3) is 4.85. The summed E-state index contributed by atoms with van der Waals surface area (Å²) in [6, 6.07) is 4.49. The highest BCUT2D eigenvalue weighted by Gasteiger charge is 2.20. The van der Waals surface area contributed by atoms with E-state index in [-0.39, 0.29) is 17.5 Å². The van der Waals surface area contributed by atoms with Gasteiger partial charge in [0.2, 0.25) is 10.0 Å². The summed E-state index contributed by atoms with van der Waals surface area (Å²) in [7, 11) is 0.205. The number of halogens is 1. The van der Waals surface area contributed by atoms with Crippen LogP contribution in [0, 0.1) is 0 Å². The molecule has 0 saturated carbocycles. The second kappa shape index (κ2) is 6.81. The van der Waals surface area contributed by atoms with Crippen molar-refractivity contribution in [3.63, 3.8) is 0 Å². The van der Waals surface area contributed by atoms with E-state index in [4.69, 9.17) is 5.11 Å². The maximum Gasteiger partial charge on any atom is 0.241 e. The minimum atomic E-state index is -3.57. The topological polar surface area (TPSA) is 69.6 Å². The number of aliphatic hydroxyl groups excluding tert-OH is 1. The molecule has 2 N–H and O–H groups in total. The van der Waals surface area contributed by atoms with Gasteiger partial charge in [0, 0.05) is 17.1 Å². The van der Waals surface area contributed by atoms with Crippen molar-refractivity contribution in [3.05, 3.63) is 28.2 Å². The molecule has 0 aliphatic carbocycles. The molecule has 1 rings (SSSR count). The van der Waals surface area contributed by atoms with Gasteiger partial charge >= 0.3 is 0 Å². The summed E-state index contributed by atoms with van der Waals surface area (Å²) in [5, 5.41) is 9.01. The fraction of sp³-hybridized carbons (Fsp3) is 0.500. The van der Waals surface area contributed by atoms with E-state index in [9.17, 15) is 8.42 Å². The molecule has 0 radical (unpaired) electrons. The number of aliphatic hydroxyl groups is 1. The summed E-state index contributed by atoms with van der Waals surface area (Å²) in [4.78, 5) is 2.09. The molecule has 108 valence electrons. The van der Waals surface area contributed by atoms with E-state index in [1.54, 1.807) is 12.1 Å². The van der Waals surface area contributed by atoms with E-state index < -0.39 is 10.0 Å². The minimum absolute atomic E-state index is 0.122. The number of sulfonamides is 1. The fourth-order valence-electron chi connectivity index (χ4n) is 1.77. The van der Waals surface area contributed by atoms with Crippen LogP contribution in [-0.2, 0) is 16.6 Å². The standard InChI is InChI=1S/C12H19BrN2O3S/c1-9(7-15(2)3)14-19(17,18)12-5-4-10(8-16)6-11(12)13/h4-6,9,14,16H,7-8H2,1-3H3. The molecule has 1 aromatic carbocycles. The summed E-state index contributed by atoms with van der Waals surface area (Å²) in [6.07, 6.45) is 0. The van der Waals surface area contributed by atoms with Gasteiger partial charge in [-0.25, -0.2) is 13.1 Å². The van der Waals surface area contributed by atoms with Crippen LogP contribution in [0.1, 0.15) is 12.5 Å². The Morgan fingerprint density at radius 3 is 2.53 bits per heavy atom.